The lowest BCUT2D eigenvalue weighted by molar-refractivity contribution is -0.385. The molecule has 0 unspecified atom stereocenters. The highest BCUT2D eigenvalue weighted by molar-refractivity contribution is 6.30. The van der Waals surface area contributed by atoms with Crippen molar-refractivity contribution in [3.8, 4) is 11.5 Å². The number of halogens is 1. The smallest absolute Gasteiger partial charge is 0.272 e. The minimum atomic E-state index is -0.406. The van der Waals surface area contributed by atoms with Gasteiger partial charge in [-0.3, -0.25) is 10.1 Å². The number of nitro groups is 1. The fraction of sp³-hybridized carbons (Fsp3) is 0.200. The Morgan fingerprint density at radius 3 is 2.52 bits per heavy atom. The quantitative estimate of drug-likeness (QED) is 0.681. The summed E-state index contributed by atoms with van der Waals surface area (Å²) in [5.41, 5.74) is 7.78. The van der Waals surface area contributed by atoms with Crippen LogP contribution in [0.5, 0.6) is 11.5 Å². The molecule has 6 heteroatoms. The van der Waals surface area contributed by atoms with E-state index < -0.39 is 4.92 Å². The second-order valence-electron chi connectivity index (χ2n) is 4.72. The lowest BCUT2D eigenvalue weighted by Crippen LogP contribution is -2.00. The van der Waals surface area contributed by atoms with Gasteiger partial charge in [0.1, 0.15) is 11.5 Å². The standard InChI is InChI=1S/C15H15ClN2O3/c1-9-6-14(10(2)5-13(9)18(19)20)21-15-7-12(16)4-3-11(15)8-17/h3-7H,8,17H2,1-2H3. The minimum absolute atomic E-state index is 0.0741. The van der Waals surface area contributed by atoms with E-state index in [0.717, 1.165) is 5.56 Å². The zero-order chi connectivity index (χ0) is 15.6. The first-order chi connectivity index (χ1) is 9.92. The van der Waals surface area contributed by atoms with Gasteiger partial charge in [-0.05, 0) is 37.6 Å². The topological polar surface area (TPSA) is 78.4 Å². The molecule has 0 amide bonds. The first-order valence-electron chi connectivity index (χ1n) is 6.34. The third-order valence-corrected chi connectivity index (χ3v) is 3.39. The highest BCUT2D eigenvalue weighted by atomic mass is 35.5. The van der Waals surface area contributed by atoms with Gasteiger partial charge < -0.3 is 10.5 Å². The number of hydrogen-bond donors (Lipinski definition) is 1. The van der Waals surface area contributed by atoms with Gasteiger partial charge in [-0.15, -0.1) is 0 Å². The maximum Gasteiger partial charge on any atom is 0.272 e. The van der Waals surface area contributed by atoms with E-state index in [0.29, 0.717) is 34.2 Å². The van der Waals surface area contributed by atoms with Gasteiger partial charge in [0.25, 0.3) is 5.69 Å². The van der Waals surface area contributed by atoms with E-state index in [1.165, 1.54) is 6.07 Å². The Morgan fingerprint density at radius 2 is 1.90 bits per heavy atom. The Labute approximate surface area is 127 Å². The monoisotopic (exact) mass is 306 g/mol. The molecule has 2 aromatic rings. The van der Waals surface area contributed by atoms with Crippen LogP contribution in [0.1, 0.15) is 16.7 Å². The fourth-order valence-corrected chi connectivity index (χ4v) is 2.15. The van der Waals surface area contributed by atoms with Crippen molar-refractivity contribution < 1.29 is 9.66 Å². The zero-order valence-electron chi connectivity index (χ0n) is 11.7. The van der Waals surface area contributed by atoms with Crippen LogP contribution in [0.3, 0.4) is 0 Å². The molecule has 0 bridgehead atoms. The second kappa shape index (κ2) is 6.11. The third-order valence-electron chi connectivity index (χ3n) is 3.16. The lowest BCUT2D eigenvalue weighted by Gasteiger charge is -2.13. The molecule has 0 atom stereocenters. The average Bonchev–Trinajstić information content (AvgIpc) is 2.42. The summed E-state index contributed by atoms with van der Waals surface area (Å²) in [4.78, 5) is 10.5. The van der Waals surface area contributed by atoms with Gasteiger partial charge in [0.15, 0.2) is 0 Å². The van der Waals surface area contributed by atoms with Crippen molar-refractivity contribution in [3.05, 3.63) is 62.2 Å². The summed E-state index contributed by atoms with van der Waals surface area (Å²) in [7, 11) is 0. The SMILES string of the molecule is Cc1cc([N+](=O)[O-])c(C)cc1Oc1cc(Cl)ccc1CN. The van der Waals surface area contributed by atoms with Gasteiger partial charge >= 0.3 is 0 Å². The van der Waals surface area contributed by atoms with Crippen molar-refractivity contribution in [3.63, 3.8) is 0 Å². The number of hydrogen-bond acceptors (Lipinski definition) is 4. The van der Waals surface area contributed by atoms with Crippen molar-refractivity contribution in [2.24, 2.45) is 5.73 Å². The van der Waals surface area contributed by atoms with Gasteiger partial charge in [0.2, 0.25) is 0 Å². The van der Waals surface area contributed by atoms with Gasteiger partial charge in [-0.1, -0.05) is 17.7 Å². The molecule has 0 heterocycles. The first kappa shape index (κ1) is 15.3. The normalized spacial score (nSPS) is 10.5. The van der Waals surface area contributed by atoms with Crippen molar-refractivity contribution in [2.45, 2.75) is 20.4 Å². The molecule has 2 aromatic carbocycles. The lowest BCUT2D eigenvalue weighted by atomic mass is 10.1. The summed E-state index contributed by atoms with van der Waals surface area (Å²) in [6, 6.07) is 8.36. The largest absolute Gasteiger partial charge is 0.457 e. The summed E-state index contributed by atoms with van der Waals surface area (Å²) in [5, 5.41) is 11.5. The first-order valence-corrected chi connectivity index (χ1v) is 6.72. The predicted octanol–water partition coefficient (Wildman–Crippen LogP) is 4.12. The average molecular weight is 307 g/mol. The summed E-state index contributed by atoms with van der Waals surface area (Å²) >= 11 is 5.97. The number of nitrogens with zero attached hydrogens (tertiary/aromatic N) is 1. The number of nitrogens with two attached hydrogens (primary N) is 1. The molecule has 0 fully saturated rings. The number of rotatable bonds is 4. The highest BCUT2D eigenvalue weighted by Gasteiger charge is 2.15. The van der Waals surface area contributed by atoms with E-state index in [9.17, 15) is 10.1 Å². The highest BCUT2D eigenvalue weighted by Crippen LogP contribution is 2.33. The Morgan fingerprint density at radius 1 is 1.19 bits per heavy atom. The van der Waals surface area contributed by atoms with Crippen LogP contribution < -0.4 is 10.5 Å². The van der Waals surface area contributed by atoms with Crippen LogP contribution in [-0.4, -0.2) is 4.92 Å². The van der Waals surface area contributed by atoms with Crippen LogP contribution in [0.25, 0.3) is 0 Å². The van der Waals surface area contributed by atoms with Crippen LogP contribution in [-0.2, 0) is 6.54 Å². The van der Waals surface area contributed by atoms with Crippen LogP contribution in [0.2, 0.25) is 5.02 Å². The van der Waals surface area contributed by atoms with Gasteiger partial charge in [0.05, 0.1) is 4.92 Å². The van der Waals surface area contributed by atoms with E-state index in [1.807, 2.05) is 0 Å². The molecular weight excluding hydrogens is 292 g/mol. The Bertz CT molecular complexity index is 702. The minimum Gasteiger partial charge on any atom is -0.457 e. The number of nitro benzene ring substituents is 1. The van der Waals surface area contributed by atoms with E-state index in [2.05, 4.69) is 0 Å². The number of aryl methyl sites for hydroxylation is 2. The second-order valence-corrected chi connectivity index (χ2v) is 5.16. The number of ether oxygens (including phenoxy) is 1. The van der Waals surface area contributed by atoms with Crippen LogP contribution in [0.4, 0.5) is 5.69 Å². The molecule has 0 aromatic heterocycles. The maximum atomic E-state index is 10.9. The van der Waals surface area contributed by atoms with Crippen molar-refractivity contribution >= 4 is 17.3 Å². The Hall–Kier alpha value is -2.11. The molecule has 21 heavy (non-hydrogen) atoms. The van der Waals surface area contributed by atoms with E-state index in [4.69, 9.17) is 22.1 Å². The molecule has 5 nitrogen and oxygen atoms in total. The summed E-state index contributed by atoms with van der Waals surface area (Å²) in [6.07, 6.45) is 0. The van der Waals surface area contributed by atoms with Crippen LogP contribution in [0.15, 0.2) is 30.3 Å². The van der Waals surface area contributed by atoms with Crippen molar-refractivity contribution in [1.29, 1.82) is 0 Å². The molecule has 0 saturated heterocycles. The molecule has 0 aliphatic heterocycles. The summed E-state index contributed by atoms with van der Waals surface area (Å²) in [6.45, 7) is 3.75. The third kappa shape index (κ3) is 3.32. The molecular formula is C15H15ClN2O3. The van der Waals surface area contributed by atoms with Crippen LogP contribution in [0, 0.1) is 24.0 Å². The maximum absolute atomic E-state index is 10.9. The summed E-state index contributed by atoms with van der Waals surface area (Å²) in [5.74, 6) is 1.11. The summed E-state index contributed by atoms with van der Waals surface area (Å²) < 4.78 is 5.84. The molecule has 0 saturated carbocycles. The van der Waals surface area contributed by atoms with E-state index in [-0.39, 0.29) is 5.69 Å². The molecule has 0 aliphatic rings. The predicted molar refractivity (Wildman–Crippen MR) is 82.0 cm³/mol. The van der Waals surface area contributed by atoms with Gasteiger partial charge in [-0.25, -0.2) is 0 Å². The molecule has 2 N–H and O–H groups in total. The Balaban J connectivity index is 2.43. The van der Waals surface area contributed by atoms with E-state index in [1.54, 1.807) is 38.1 Å². The Kier molecular flexibility index (Phi) is 4.45. The van der Waals surface area contributed by atoms with Gasteiger partial charge in [-0.2, -0.15) is 0 Å². The van der Waals surface area contributed by atoms with Crippen LogP contribution >= 0.6 is 11.6 Å². The number of benzene rings is 2. The van der Waals surface area contributed by atoms with Gasteiger partial charge in [0, 0.05) is 28.8 Å². The van der Waals surface area contributed by atoms with E-state index >= 15 is 0 Å². The molecule has 110 valence electrons. The molecule has 0 spiro atoms. The fourth-order valence-electron chi connectivity index (χ4n) is 1.99. The van der Waals surface area contributed by atoms with Crippen molar-refractivity contribution in [2.75, 3.05) is 0 Å². The molecule has 2 rings (SSSR count). The molecule has 0 aliphatic carbocycles. The van der Waals surface area contributed by atoms with Crippen molar-refractivity contribution in [1.82, 2.24) is 0 Å². The molecule has 0 radical (unpaired) electrons. The zero-order valence-corrected chi connectivity index (χ0v) is 12.5.